The number of aliphatic carboxylic acids is 1. The molecule has 1 heterocycles. The third-order valence-electron chi connectivity index (χ3n) is 2.72. The molecule has 0 spiro atoms. The van der Waals surface area contributed by atoms with Crippen molar-refractivity contribution in [2.45, 2.75) is 6.42 Å². The van der Waals surface area contributed by atoms with E-state index in [2.05, 4.69) is 16.0 Å². The normalized spacial score (nSPS) is 20.1. The van der Waals surface area contributed by atoms with Gasteiger partial charge >= 0.3 is 12.0 Å². The van der Waals surface area contributed by atoms with Crippen LogP contribution in [0.4, 0.5) is 4.79 Å². The fourth-order valence-electron chi connectivity index (χ4n) is 1.73. The van der Waals surface area contributed by atoms with Crippen LogP contribution in [0.1, 0.15) is 6.42 Å². The van der Waals surface area contributed by atoms with Crippen LogP contribution < -0.4 is 16.0 Å². The lowest BCUT2D eigenvalue weighted by atomic mass is 10.1. The minimum Gasteiger partial charge on any atom is -0.480 e. The second kappa shape index (κ2) is 7.08. The summed E-state index contributed by atoms with van der Waals surface area (Å²) in [5.74, 6) is -1.70. The van der Waals surface area contributed by atoms with Crippen LogP contribution in [0.15, 0.2) is 0 Å². The first-order chi connectivity index (χ1) is 9.28. The predicted octanol–water partition coefficient (Wildman–Crippen LogP) is -2.08. The van der Waals surface area contributed by atoms with Crippen molar-refractivity contribution in [1.82, 2.24) is 16.0 Å². The van der Waals surface area contributed by atoms with Gasteiger partial charge in [0, 0.05) is 6.54 Å². The third kappa shape index (κ3) is 6.36. The Morgan fingerprint density at radius 3 is 2.35 bits per heavy atom. The molecule has 4 N–H and O–H groups in total. The van der Waals surface area contributed by atoms with Crippen molar-refractivity contribution in [3.63, 3.8) is 0 Å². The van der Waals surface area contributed by atoms with Gasteiger partial charge in [-0.15, -0.1) is 0 Å². The number of hydrogen-bond donors (Lipinski definition) is 4. The predicted molar refractivity (Wildman–Crippen MR) is 68.8 cm³/mol. The van der Waals surface area contributed by atoms with Crippen LogP contribution in [0.2, 0.25) is 0 Å². The molecule has 0 aromatic rings. The van der Waals surface area contributed by atoms with Crippen LogP contribution in [-0.2, 0) is 19.4 Å². The van der Waals surface area contributed by atoms with Crippen LogP contribution in [0.25, 0.3) is 0 Å². The van der Waals surface area contributed by atoms with Crippen LogP contribution in [0.3, 0.4) is 0 Å². The quantitative estimate of drug-likeness (QED) is 0.444. The molecule has 1 atom stereocenters. The monoisotopic (exact) mass is 307 g/mol. The smallest absolute Gasteiger partial charge is 0.322 e. The molecule has 0 bridgehead atoms. The Kier molecular flexibility index (Phi) is 5.74. The number of carboxylic acids is 1. The third-order valence-corrected chi connectivity index (χ3v) is 4.56. The first kappa shape index (κ1) is 16.2. The van der Waals surface area contributed by atoms with E-state index in [9.17, 15) is 22.8 Å². The van der Waals surface area contributed by atoms with Crippen LogP contribution in [0, 0.1) is 5.92 Å². The number of nitrogens with one attached hydrogen (secondary N) is 3. The highest BCUT2D eigenvalue weighted by Gasteiger charge is 2.27. The molecule has 10 heteroatoms. The number of sulfone groups is 1. The van der Waals surface area contributed by atoms with Crippen molar-refractivity contribution in [3.8, 4) is 0 Å². The minimum atomic E-state index is -2.98. The molecular weight excluding hydrogens is 290 g/mol. The summed E-state index contributed by atoms with van der Waals surface area (Å²) in [6, 6.07) is -0.597. The molecule has 1 rings (SSSR count). The van der Waals surface area contributed by atoms with E-state index in [1.54, 1.807) is 0 Å². The lowest BCUT2D eigenvalue weighted by Gasteiger charge is -2.10. The van der Waals surface area contributed by atoms with Crippen LogP contribution in [-0.4, -0.2) is 62.6 Å². The molecule has 1 fully saturated rings. The van der Waals surface area contributed by atoms with E-state index in [1.807, 2.05) is 0 Å². The number of rotatable bonds is 6. The van der Waals surface area contributed by atoms with Crippen LogP contribution in [0.5, 0.6) is 0 Å². The SMILES string of the molecule is O=C(O)CNC(=O)CNC(=O)NCC1CCS(=O)(=O)C1. The summed E-state index contributed by atoms with van der Waals surface area (Å²) in [5.41, 5.74) is 0. The van der Waals surface area contributed by atoms with Crippen molar-refractivity contribution in [2.24, 2.45) is 5.92 Å². The Hall–Kier alpha value is -1.84. The molecule has 0 aliphatic carbocycles. The molecule has 0 saturated carbocycles. The first-order valence-electron chi connectivity index (χ1n) is 5.99. The van der Waals surface area contributed by atoms with Gasteiger partial charge in [-0.05, 0) is 12.3 Å². The number of amides is 3. The zero-order valence-corrected chi connectivity index (χ0v) is 11.5. The maximum Gasteiger partial charge on any atom is 0.322 e. The number of carboxylic acid groups (broad SMARTS) is 1. The number of carbonyl (C=O) groups is 3. The summed E-state index contributed by atoms with van der Waals surface area (Å²) in [6.07, 6.45) is 0.516. The zero-order chi connectivity index (χ0) is 15.2. The standard InChI is InChI=1S/C10H17N3O6S/c14-8(11-5-9(15)16)4-13-10(17)12-3-7-1-2-20(18,19)6-7/h7H,1-6H2,(H,11,14)(H,15,16)(H2,12,13,17). The Bertz CT molecular complexity index is 489. The van der Waals surface area contributed by atoms with Gasteiger partial charge in [-0.1, -0.05) is 0 Å². The topological polar surface area (TPSA) is 142 Å². The molecule has 9 nitrogen and oxygen atoms in total. The largest absolute Gasteiger partial charge is 0.480 e. The summed E-state index contributed by atoms with van der Waals surface area (Å²) in [6.45, 7) is -0.633. The number of hydrogen-bond acceptors (Lipinski definition) is 5. The fourth-order valence-corrected chi connectivity index (χ4v) is 3.59. The van der Waals surface area contributed by atoms with Gasteiger partial charge in [0.1, 0.15) is 6.54 Å². The van der Waals surface area contributed by atoms with E-state index < -0.39 is 34.3 Å². The van der Waals surface area contributed by atoms with Crippen molar-refractivity contribution in [1.29, 1.82) is 0 Å². The van der Waals surface area contributed by atoms with E-state index in [1.165, 1.54) is 0 Å². The summed E-state index contributed by atoms with van der Waals surface area (Å²) in [4.78, 5) is 32.6. The average molecular weight is 307 g/mol. The van der Waals surface area contributed by atoms with Gasteiger partial charge in [-0.2, -0.15) is 0 Å². The molecule has 114 valence electrons. The van der Waals surface area contributed by atoms with Gasteiger partial charge in [0.25, 0.3) is 0 Å². The molecule has 1 aliphatic rings. The summed E-state index contributed by atoms with van der Waals surface area (Å²) in [7, 11) is -2.98. The Balaban J connectivity index is 2.15. The maximum absolute atomic E-state index is 11.3. The van der Waals surface area contributed by atoms with E-state index in [0.717, 1.165) is 0 Å². The fraction of sp³-hybridized carbons (Fsp3) is 0.700. The number of carbonyl (C=O) groups excluding carboxylic acids is 2. The molecule has 1 unspecified atom stereocenters. The summed E-state index contributed by atoms with van der Waals surface area (Å²) >= 11 is 0. The zero-order valence-electron chi connectivity index (χ0n) is 10.7. The molecule has 0 aromatic heterocycles. The highest BCUT2D eigenvalue weighted by molar-refractivity contribution is 7.91. The molecule has 1 aliphatic heterocycles. The Labute approximate surface area is 116 Å². The van der Waals surface area contributed by atoms with Gasteiger partial charge in [-0.3, -0.25) is 9.59 Å². The van der Waals surface area contributed by atoms with E-state index >= 15 is 0 Å². The Morgan fingerprint density at radius 1 is 1.10 bits per heavy atom. The highest BCUT2D eigenvalue weighted by atomic mass is 32.2. The molecule has 0 aromatic carbocycles. The highest BCUT2D eigenvalue weighted by Crippen LogP contribution is 2.17. The maximum atomic E-state index is 11.3. The van der Waals surface area contributed by atoms with E-state index in [0.29, 0.717) is 6.42 Å². The van der Waals surface area contributed by atoms with Gasteiger partial charge in [-0.25, -0.2) is 13.2 Å². The lowest BCUT2D eigenvalue weighted by molar-refractivity contribution is -0.137. The first-order valence-corrected chi connectivity index (χ1v) is 7.81. The minimum absolute atomic E-state index is 0.0619. The second-order valence-electron chi connectivity index (χ2n) is 4.50. The van der Waals surface area contributed by atoms with E-state index in [-0.39, 0.29) is 30.5 Å². The molecule has 0 radical (unpaired) electrons. The van der Waals surface area contributed by atoms with Crippen molar-refractivity contribution < 1.29 is 27.9 Å². The van der Waals surface area contributed by atoms with Gasteiger partial charge in [0.15, 0.2) is 9.84 Å². The summed E-state index contributed by atoms with van der Waals surface area (Å²) in [5, 5.41) is 15.1. The van der Waals surface area contributed by atoms with Gasteiger partial charge < -0.3 is 21.1 Å². The van der Waals surface area contributed by atoms with Crippen molar-refractivity contribution in [3.05, 3.63) is 0 Å². The second-order valence-corrected chi connectivity index (χ2v) is 6.73. The van der Waals surface area contributed by atoms with Crippen LogP contribution >= 0.6 is 0 Å². The van der Waals surface area contributed by atoms with E-state index in [4.69, 9.17) is 5.11 Å². The lowest BCUT2D eigenvalue weighted by Crippen LogP contribution is -2.44. The molecule has 3 amide bonds. The Morgan fingerprint density at radius 2 is 1.80 bits per heavy atom. The van der Waals surface area contributed by atoms with Crippen molar-refractivity contribution >= 4 is 27.7 Å². The molecule has 1 saturated heterocycles. The summed E-state index contributed by atoms with van der Waals surface area (Å²) < 4.78 is 22.4. The van der Waals surface area contributed by atoms with Crippen molar-refractivity contribution in [2.75, 3.05) is 31.1 Å². The van der Waals surface area contributed by atoms with Gasteiger partial charge in [0.2, 0.25) is 5.91 Å². The average Bonchev–Trinajstić information content (AvgIpc) is 2.71. The van der Waals surface area contributed by atoms with Gasteiger partial charge in [0.05, 0.1) is 18.1 Å². The number of urea groups is 1. The molecule has 20 heavy (non-hydrogen) atoms. The molecular formula is C10H17N3O6S.